The lowest BCUT2D eigenvalue weighted by molar-refractivity contribution is 0.0601. The standard InChI is InChI=1S/C13H11N5O2/c1-20-13(19)8-3-2-4-9(5-8)18-12-10-11(15-6-14-10)16-7-17-12/h2-7H,1H3,(H2,14,15,16,17,18). The summed E-state index contributed by atoms with van der Waals surface area (Å²) >= 11 is 0. The van der Waals surface area contributed by atoms with Crippen LogP contribution in [-0.2, 0) is 4.74 Å². The Balaban J connectivity index is 1.95. The summed E-state index contributed by atoms with van der Waals surface area (Å²) in [5.74, 6) is 0.206. The maximum atomic E-state index is 11.5. The van der Waals surface area contributed by atoms with Crippen molar-refractivity contribution in [3.05, 3.63) is 42.5 Å². The Hall–Kier alpha value is -2.96. The monoisotopic (exact) mass is 269 g/mol. The Morgan fingerprint density at radius 3 is 3.05 bits per heavy atom. The molecule has 0 aliphatic heterocycles. The Bertz CT molecular complexity index is 768. The van der Waals surface area contributed by atoms with Gasteiger partial charge in [0.1, 0.15) is 11.8 Å². The summed E-state index contributed by atoms with van der Waals surface area (Å²) in [6.45, 7) is 0. The minimum atomic E-state index is -0.386. The average molecular weight is 269 g/mol. The summed E-state index contributed by atoms with van der Waals surface area (Å²) < 4.78 is 4.69. The van der Waals surface area contributed by atoms with Crippen molar-refractivity contribution in [3.8, 4) is 0 Å². The van der Waals surface area contributed by atoms with Crippen LogP contribution in [0.4, 0.5) is 11.5 Å². The zero-order valence-corrected chi connectivity index (χ0v) is 10.6. The molecule has 3 aromatic rings. The van der Waals surface area contributed by atoms with E-state index in [9.17, 15) is 4.79 Å². The van der Waals surface area contributed by atoms with E-state index in [2.05, 4.69) is 25.3 Å². The van der Waals surface area contributed by atoms with Gasteiger partial charge in [-0.2, -0.15) is 0 Å². The number of nitrogens with zero attached hydrogens (tertiary/aromatic N) is 3. The predicted molar refractivity (Wildman–Crippen MR) is 72.7 cm³/mol. The van der Waals surface area contributed by atoms with Crippen LogP contribution < -0.4 is 5.32 Å². The second-order valence-electron chi connectivity index (χ2n) is 4.02. The van der Waals surface area contributed by atoms with Gasteiger partial charge in [0.05, 0.1) is 19.0 Å². The molecule has 2 aromatic heterocycles. The number of hydrogen-bond donors (Lipinski definition) is 2. The lowest BCUT2D eigenvalue weighted by Gasteiger charge is -2.07. The van der Waals surface area contributed by atoms with Gasteiger partial charge in [-0.05, 0) is 18.2 Å². The summed E-state index contributed by atoms with van der Waals surface area (Å²) in [6, 6.07) is 6.97. The summed E-state index contributed by atoms with van der Waals surface area (Å²) in [7, 11) is 1.35. The minimum Gasteiger partial charge on any atom is -0.465 e. The first-order valence-corrected chi connectivity index (χ1v) is 5.87. The van der Waals surface area contributed by atoms with E-state index >= 15 is 0 Å². The van der Waals surface area contributed by atoms with Gasteiger partial charge in [0.15, 0.2) is 11.5 Å². The molecule has 0 aliphatic carbocycles. The molecule has 0 amide bonds. The lowest BCUT2D eigenvalue weighted by Crippen LogP contribution is -2.02. The molecule has 0 spiro atoms. The van der Waals surface area contributed by atoms with Crippen molar-refractivity contribution in [2.24, 2.45) is 0 Å². The summed E-state index contributed by atoms with van der Waals surface area (Å²) in [6.07, 6.45) is 2.98. The van der Waals surface area contributed by atoms with Crippen LogP contribution in [0.25, 0.3) is 11.2 Å². The number of fused-ring (bicyclic) bond motifs is 1. The van der Waals surface area contributed by atoms with E-state index in [0.717, 1.165) is 5.69 Å². The molecule has 0 unspecified atom stereocenters. The second kappa shape index (κ2) is 4.96. The molecule has 0 saturated heterocycles. The van der Waals surface area contributed by atoms with Gasteiger partial charge in [-0.1, -0.05) is 6.07 Å². The number of hydrogen-bond acceptors (Lipinski definition) is 6. The van der Waals surface area contributed by atoms with Crippen molar-refractivity contribution in [1.82, 2.24) is 19.9 Å². The maximum absolute atomic E-state index is 11.5. The number of carbonyl (C=O) groups is 1. The fourth-order valence-corrected chi connectivity index (χ4v) is 1.84. The Morgan fingerprint density at radius 2 is 2.20 bits per heavy atom. The molecule has 0 aliphatic rings. The Morgan fingerprint density at radius 1 is 1.30 bits per heavy atom. The molecule has 0 radical (unpaired) electrons. The van der Waals surface area contributed by atoms with E-state index in [4.69, 9.17) is 4.74 Å². The molecule has 7 heteroatoms. The van der Waals surface area contributed by atoms with Crippen LogP contribution in [0.15, 0.2) is 36.9 Å². The topological polar surface area (TPSA) is 92.8 Å². The molecule has 100 valence electrons. The number of anilines is 2. The second-order valence-corrected chi connectivity index (χ2v) is 4.02. The van der Waals surface area contributed by atoms with Gasteiger partial charge in [-0.25, -0.2) is 19.7 Å². The highest BCUT2D eigenvalue weighted by Gasteiger charge is 2.08. The van der Waals surface area contributed by atoms with Crippen molar-refractivity contribution in [1.29, 1.82) is 0 Å². The van der Waals surface area contributed by atoms with Crippen molar-refractivity contribution in [2.75, 3.05) is 12.4 Å². The first-order valence-electron chi connectivity index (χ1n) is 5.87. The van der Waals surface area contributed by atoms with Crippen molar-refractivity contribution >= 4 is 28.6 Å². The van der Waals surface area contributed by atoms with Gasteiger partial charge in [0.2, 0.25) is 0 Å². The zero-order valence-electron chi connectivity index (χ0n) is 10.6. The van der Waals surface area contributed by atoms with Gasteiger partial charge >= 0.3 is 5.97 Å². The van der Waals surface area contributed by atoms with Gasteiger partial charge in [0, 0.05) is 5.69 Å². The molecule has 2 N–H and O–H groups in total. The molecular weight excluding hydrogens is 258 g/mol. The smallest absolute Gasteiger partial charge is 0.337 e. The zero-order chi connectivity index (χ0) is 13.9. The van der Waals surface area contributed by atoms with E-state index in [1.54, 1.807) is 24.5 Å². The van der Waals surface area contributed by atoms with Crippen LogP contribution in [0.5, 0.6) is 0 Å². The number of benzene rings is 1. The Kier molecular flexibility index (Phi) is 3.00. The number of aromatic nitrogens is 4. The summed E-state index contributed by atoms with van der Waals surface area (Å²) in [5.41, 5.74) is 2.47. The molecule has 0 fully saturated rings. The maximum Gasteiger partial charge on any atom is 0.337 e. The minimum absolute atomic E-state index is 0.386. The van der Waals surface area contributed by atoms with E-state index < -0.39 is 0 Å². The van der Waals surface area contributed by atoms with E-state index in [-0.39, 0.29) is 5.97 Å². The van der Waals surface area contributed by atoms with Gasteiger partial charge in [-0.3, -0.25) is 0 Å². The molecule has 20 heavy (non-hydrogen) atoms. The third-order valence-corrected chi connectivity index (χ3v) is 2.77. The Labute approximate surface area is 114 Å². The number of nitrogens with one attached hydrogen (secondary N) is 2. The highest BCUT2D eigenvalue weighted by atomic mass is 16.5. The molecular formula is C13H11N5O2. The molecule has 2 heterocycles. The SMILES string of the molecule is COC(=O)c1cccc(Nc2ncnc3nc[nH]c23)c1. The predicted octanol–water partition coefficient (Wildman–Crippen LogP) is 1.88. The number of imidazole rings is 1. The van der Waals surface area contributed by atoms with Gasteiger partial charge < -0.3 is 15.0 Å². The number of ether oxygens (including phenoxy) is 1. The number of esters is 1. The van der Waals surface area contributed by atoms with Crippen molar-refractivity contribution in [2.45, 2.75) is 0 Å². The van der Waals surface area contributed by atoms with Crippen LogP contribution >= 0.6 is 0 Å². The largest absolute Gasteiger partial charge is 0.465 e. The average Bonchev–Trinajstić information content (AvgIpc) is 2.96. The molecule has 7 nitrogen and oxygen atoms in total. The quantitative estimate of drug-likeness (QED) is 0.705. The van der Waals surface area contributed by atoms with Gasteiger partial charge in [-0.15, -0.1) is 0 Å². The number of aromatic amines is 1. The normalized spacial score (nSPS) is 10.4. The fourth-order valence-electron chi connectivity index (χ4n) is 1.84. The van der Waals surface area contributed by atoms with Crippen LogP contribution in [0, 0.1) is 0 Å². The van der Waals surface area contributed by atoms with Crippen LogP contribution in [-0.4, -0.2) is 33.0 Å². The van der Waals surface area contributed by atoms with Crippen LogP contribution in [0.3, 0.4) is 0 Å². The number of H-pyrrole nitrogens is 1. The molecule has 0 saturated carbocycles. The fraction of sp³-hybridized carbons (Fsp3) is 0.0769. The first kappa shape index (κ1) is 12.1. The third kappa shape index (κ3) is 2.16. The lowest BCUT2D eigenvalue weighted by atomic mass is 10.2. The first-order chi connectivity index (χ1) is 9.78. The number of rotatable bonds is 3. The summed E-state index contributed by atoms with van der Waals surface area (Å²) in [5, 5.41) is 3.12. The highest BCUT2D eigenvalue weighted by Crippen LogP contribution is 2.21. The molecule has 1 aromatic carbocycles. The number of carbonyl (C=O) groups excluding carboxylic acids is 1. The van der Waals surface area contributed by atoms with Crippen molar-refractivity contribution < 1.29 is 9.53 Å². The molecule has 0 atom stereocenters. The van der Waals surface area contributed by atoms with Crippen LogP contribution in [0.1, 0.15) is 10.4 Å². The molecule has 3 rings (SSSR count). The van der Waals surface area contributed by atoms with E-state index in [0.29, 0.717) is 22.5 Å². The van der Waals surface area contributed by atoms with E-state index in [1.807, 2.05) is 6.07 Å². The van der Waals surface area contributed by atoms with Crippen LogP contribution in [0.2, 0.25) is 0 Å². The van der Waals surface area contributed by atoms with Gasteiger partial charge in [0.25, 0.3) is 0 Å². The van der Waals surface area contributed by atoms with Crippen molar-refractivity contribution in [3.63, 3.8) is 0 Å². The molecule has 0 bridgehead atoms. The third-order valence-electron chi connectivity index (χ3n) is 2.77. The summed E-state index contributed by atoms with van der Waals surface area (Å²) in [4.78, 5) is 26.7. The van der Waals surface area contributed by atoms with E-state index in [1.165, 1.54) is 13.4 Å². The number of methoxy groups -OCH3 is 1. The highest BCUT2D eigenvalue weighted by molar-refractivity contribution is 5.91.